The van der Waals surface area contributed by atoms with Gasteiger partial charge in [-0.15, -0.1) is 0 Å². The van der Waals surface area contributed by atoms with Gasteiger partial charge >= 0.3 is 0 Å². The lowest BCUT2D eigenvalue weighted by molar-refractivity contribution is 0.399. The molecule has 1 aliphatic heterocycles. The highest BCUT2D eigenvalue weighted by Crippen LogP contribution is 1.99. The summed E-state index contributed by atoms with van der Waals surface area (Å²) >= 11 is 0. The first-order valence-corrected chi connectivity index (χ1v) is 3.53. The van der Waals surface area contributed by atoms with E-state index in [1.165, 1.54) is 0 Å². The van der Waals surface area contributed by atoms with Crippen LogP contribution in [0.2, 0.25) is 0 Å². The SMILES string of the molecule is CCN[C]1N=C(OC)C=CN1. The lowest BCUT2D eigenvalue weighted by atomic mass is 10.5. The standard InChI is InChI=1S/C7H12N3O/c1-3-8-7-9-5-4-6(10-7)11-2/h4-5,8-9H,3H2,1-2H3. The lowest BCUT2D eigenvalue weighted by Gasteiger charge is -2.15. The zero-order valence-electron chi connectivity index (χ0n) is 6.72. The van der Waals surface area contributed by atoms with Gasteiger partial charge in [-0.2, -0.15) is 0 Å². The average Bonchev–Trinajstić information content (AvgIpc) is 2.06. The molecule has 61 valence electrons. The van der Waals surface area contributed by atoms with Crippen LogP contribution in [0.15, 0.2) is 17.3 Å². The maximum atomic E-state index is 4.93. The third-order valence-electron chi connectivity index (χ3n) is 1.22. The summed E-state index contributed by atoms with van der Waals surface area (Å²) in [5.41, 5.74) is 0. The van der Waals surface area contributed by atoms with Crippen molar-refractivity contribution >= 4 is 5.90 Å². The molecule has 0 fully saturated rings. The minimum Gasteiger partial charge on any atom is -0.481 e. The third-order valence-corrected chi connectivity index (χ3v) is 1.22. The van der Waals surface area contributed by atoms with E-state index in [4.69, 9.17) is 4.74 Å². The van der Waals surface area contributed by atoms with Crippen molar-refractivity contribution in [2.45, 2.75) is 6.92 Å². The second-order valence-corrected chi connectivity index (χ2v) is 2.01. The van der Waals surface area contributed by atoms with E-state index < -0.39 is 0 Å². The third kappa shape index (κ3) is 2.23. The molecule has 0 aromatic heterocycles. The Hall–Kier alpha value is -1.03. The van der Waals surface area contributed by atoms with Crippen molar-refractivity contribution in [3.63, 3.8) is 0 Å². The van der Waals surface area contributed by atoms with Gasteiger partial charge in [0.15, 0.2) is 0 Å². The summed E-state index contributed by atoms with van der Waals surface area (Å²) in [6, 6.07) is 0. The van der Waals surface area contributed by atoms with Crippen LogP contribution in [-0.2, 0) is 4.74 Å². The number of aliphatic imine (C=N–C) groups is 1. The quantitative estimate of drug-likeness (QED) is 0.597. The molecule has 0 spiro atoms. The van der Waals surface area contributed by atoms with Gasteiger partial charge < -0.3 is 10.1 Å². The zero-order valence-corrected chi connectivity index (χ0v) is 6.72. The topological polar surface area (TPSA) is 45.7 Å². The fraction of sp³-hybridized carbons (Fsp3) is 0.429. The van der Waals surface area contributed by atoms with Crippen LogP contribution < -0.4 is 10.6 Å². The van der Waals surface area contributed by atoms with Crippen molar-refractivity contribution in [1.29, 1.82) is 0 Å². The molecule has 0 bridgehead atoms. The molecule has 1 aliphatic rings. The molecular formula is C7H12N3O. The Bertz CT molecular complexity index is 177. The number of nitrogens with one attached hydrogen (secondary N) is 2. The van der Waals surface area contributed by atoms with Crippen molar-refractivity contribution in [2.75, 3.05) is 13.7 Å². The molecule has 0 aromatic carbocycles. The highest BCUT2D eigenvalue weighted by Gasteiger charge is 2.08. The fourth-order valence-corrected chi connectivity index (χ4v) is 0.743. The summed E-state index contributed by atoms with van der Waals surface area (Å²) in [7, 11) is 1.60. The summed E-state index contributed by atoms with van der Waals surface area (Å²) in [4.78, 5) is 4.09. The molecular weight excluding hydrogens is 142 g/mol. The first-order chi connectivity index (χ1) is 5.36. The van der Waals surface area contributed by atoms with Crippen LogP contribution in [0.1, 0.15) is 6.92 Å². The van der Waals surface area contributed by atoms with Crippen LogP contribution in [0.4, 0.5) is 0 Å². The van der Waals surface area contributed by atoms with Gasteiger partial charge in [0.05, 0.1) is 7.11 Å². The summed E-state index contributed by atoms with van der Waals surface area (Å²) in [5.74, 6) is 0.611. The second-order valence-electron chi connectivity index (χ2n) is 2.01. The van der Waals surface area contributed by atoms with Gasteiger partial charge in [0.2, 0.25) is 12.2 Å². The largest absolute Gasteiger partial charge is 0.481 e. The van der Waals surface area contributed by atoms with E-state index >= 15 is 0 Å². The molecule has 0 atom stereocenters. The average molecular weight is 154 g/mol. The first kappa shape index (κ1) is 8.07. The van der Waals surface area contributed by atoms with E-state index in [2.05, 4.69) is 15.6 Å². The highest BCUT2D eigenvalue weighted by molar-refractivity contribution is 5.88. The van der Waals surface area contributed by atoms with Crippen LogP contribution in [0.25, 0.3) is 0 Å². The molecule has 0 aliphatic carbocycles. The zero-order chi connectivity index (χ0) is 8.10. The maximum Gasteiger partial charge on any atom is 0.247 e. The van der Waals surface area contributed by atoms with Crippen LogP contribution in [0.3, 0.4) is 0 Å². The molecule has 0 amide bonds. The normalized spacial score (nSPS) is 17.5. The number of ether oxygens (including phenoxy) is 1. The number of rotatable bonds is 2. The molecule has 0 unspecified atom stereocenters. The molecule has 4 heteroatoms. The van der Waals surface area contributed by atoms with Crippen molar-refractivity contribution in [1.82, 2.24) is 10.6 Å². The Kier molecular flexibility index (Phi) is 2.92. The van der Waals surface area contributed by atoms with Gasteiger partial charge in [0.25, 0.3) is 0 Å². The highest BCUT2D eigenvalue weighted by atomic mass is 16.5. The second kappa shape index (κ2) is 3.98. The minimum absolute atomic E-state index is 0.611. The van der Waals surface area contributed by atoms with Gasteiger partial charge in [0, 0.05) is 12.3 Å². The fourth-order valence-electron chi connectivity index (χ4n) is 0.743. The number of methoxy groups -OCH3 is 1. The monoisotopic (exact) mass is 154 g/mol. The predicted octanol–water partition coefficient (Wildman–Crippen LogP) is 0.205. The molecule has 0 saturated carbocycles. The Labute approximate surface area is 66.3 Å². The van der Waals surface area contributed by atoms with Gasteiger partial charge in [-0.05, 0) is 6.54 Å². The van der Waals surface area contributed by atoms with Crippen molar-refractivity contribution in [2.24, 2.45) is 4.99 Å². The van der Waals surface area contributed by atoms with Crippen LogP contribution in [-0.4, -0.2) is 19.6 Å². The van der Waals surface area contributed by atoms with E-state index in [0.717, 1.165) is 12.8 Å². The Balaban J connectivity index is 2.47. The van der Waals surface area contributed by atoms with E-state index in [-0.39, 0.29) is 0 Å². The Morgan fingerprint density at radius 2 is 2.55 bits per heavy atom. The molecule has 0 aromatic rings. The van der Waals surface area contributed by atoms with Crippen molar-refractivity contribution in [3.05, 3.63) is 18.6 Å². The molecule has 1 heterocycles. The van der Waals surface area contributed by atoms with E-state index in [9.17, 15) is 0 Å². The smallest absolute Gasteiger partial charge is 0.247 e. The maximum absolute atomic E-state index is 4.93. The lowest BCUT2D eigenvalue weighted by Crippen LogP contribution is -2.32. The van der Waals surface area contributed by atoms with Crippen LogP contribution >= 0.6 is 0 Å². The van der Waals surface area contributed by atoms with Gasteiger partial charge in [-0.1, -0.05) is 6.92 Å². The molecule has 2 N–H and O–H groups in total. The van der Waals surface area contributed by atoms with Crippen molar-refractivity contribution in [3.8, 4) is 0 Å². The van der Waals surface area contributed by atoms with Gasteiger partial charge in [-0.25, -0.2) is 4.99 Å². The van der Waals surface area contributed by atoms with E-state index in [1.54, 1.807) is 19.4 Å². The molecule has 0 saturated heterocycles. The number of hydrogen-bond donors (Lipinski definition) is 2. The number of nitrogens with zero attached hydrogens (tertiary/aromatic N) is 1. The first-order valence-electron chi connectivity index (χ1n) is 3.53. The molecule has 4 nitrogen and oxygen atoms in total. The summed E-state index contributed by atoms with van der Waals surface area (Å²) in [6.07, 6.45) is 4.27. The molecule has 1 radical (unpaired) electrons. The van der Waals surface area contributed by atoms with E-state index in [0.29, 0.717) is 5.90 Å². The summed E-state index contributed by atoms with van der Waals surface area (Å²) in [6.45, 7) is 2.85. The Morgan fingerprint density at radius 3 is 3.18 bits per heavy atom. The Morgan fingerprint density at radius 1 is 1.73 bits per heavy atom. The van der Waals surface area contributed by atoms with Gasteiger partial charge in [-0.3, -0.25) is 5.32 Å². The molecule has 1 rings (SSSR count). The van der Waals surface area contributed by atoms with Gasteiger partial charge in [0.1, 0.15) is 0 Å². The van der Waals surface area contributed by atoms with Crippen LogP contribution in [0.5, 0.6) is 0 Å². The predicted molar refractivity (Wildman–Crippen MR) is 43.6 cm³/mol. The van der Waals surface area contributed by atoms with E-state index in [1.807, 2.05) is 6.92 Å². The summed E-state index contributed by atoms with van der Waals surface area (Å²) in [5, 5.41) is 5.98. The van der Waals surface area contributed by atoms with Crippen LogP contribution in [0, 0.1) is 6.29 Å². The summed E-state index contributed by atoms with van der Waals surface area (Å²) < 4.78 is 4.93. The molecule has 11 heavy (non-hydrogen) atoms. The number of hydrogen-bond acceptors (Lipinski definition) is 4. The minimum atomic E-state index is 0.611. The van der Waals surface area contributed by atoms with Crippen molar-refractivity contribution < 1.29 is 4.74 Å².